The van der Waals surface area contributed by atoms with Crippen LogP contribution in [0.3, 0.4) is 0 Å². The van der Waals surface area contributed by atoms with E-state index in [-0.39, 0.29) is 5.92 Å². The number of hydrogen-bond acceptors (Lipinski definition) is 0. The van der Waals surface area contributed by atoms with Gasteiger partial charge < -0.3 is 0 Å². The monoisotopic (exact) mass is 194 g/mol. The van der Waals surface area contributed by atoms with Crippen molar-refractivity contribution in [2.24, 2.45) is 11.8 Å². The summed E-state index contributed by atoms with van der Waals surface area (Å²) in [6, 6.07) is 0. The molecule has 2 atom stereocenters. The molecule has 0 aliphatic heterocycles. The van der Waals surface area contributed by atoms with Crippen molar-refractivity contribution >= 4 is 0 Å². The molecule has 78 valence electrons. The topological polar surface area (TPSA) is 0 Å². The first-order valence-electron chi connectivity index (χ1n) is 5.69. The van der Waals surface area contributed by atoms with Gasteiger partial charge in [-0.1, -0.05) is 30.6 Å². The highest BCUT2D eigenvalue weighted by atomic mass is 19.1. The molecule has 0 aromatic rings. The molecule has 0 spiro atoms. The molecule has 0 radical (unpaired) electrons. The molecule has 0 bridgehead atoms. The highest BCUT2D eigenvalue weighted by Gasteiger charge is 2.34. The Morgan fingerprint density at radius 2 is 1.64 bits per heavy atom. The van der Waals surface area contributed by atoms with Crippen LogP contribution in [0, 0.1) is 11.8 Å². The summed E-state index contributed by atoms with van der Waals surface area (Å²) >= 11 is 0. The molecular formula is C13H19F. The van der Waals surface area contributed by atoms with Crippen molar-refractivity contribution in [3.05, 3.63) is 23.3 Å². The molecule has 0 amide bonds. The molecule has 1 saturated carbocycles. The fourth-order valence-electron chi connectivity index (χ4n) is 2.91. The molecule has 1 fully saturated rings. The van der Waals surface area contributed by atoms with Crippen LogP contribution in [0.4, 0.5) is 4.39 Å². The van der Waals surface area contributed by atoms with E-state index in [0.29, 0.717) is 5.92 Å². The van der Waals surface area contributed by atoms with E-state index in [1.807, 2.05) is 13.0 Å². The van der Waals surface area contributed by atoms with Crippen molar-refractivity contribution in [3.8, 4) is 0 Å². The Labute approximate surface area is 85.9 Å². The number of halogens is 1. The Bertz CT molecular complexity index is 269. The second-order valence-electron chi connectivity index (χ2n) is 4.79. The summed E-state index contributed by atoms with van der Waals surface area (Å²) in [4.78, 5) is 0. The summed E-state index contributed by atoms with van der Waals surface area (Å²) in [6.07, 6.45) is 8.36. The van der Waals surface area contributed by atoms with Crippen LogP contribution in [-0.4, -0.2) is 6.17 Å². The van der Waals surface area contributed by atoms with Crippen molar-refractivity contribution in [2.45, 2.75) is 45.7 Å². The normalized spacial score (nSPS) is 34.2. The summed E-state index contributed by atoms with van der Waals surface area (Å²) in [7, 11) is 0. The molecule has 2 rings (SSSR count). The van der Waals surface area contributed by atoms with Crippen molar-refractivity contribution in [1.29, 1.82) is 0 Å². The van der Waals surface area contributed by atoms with E-state index in [2.05, 4.69) is 13.0 Å². The molecule has 1 heteroatoms. The van der Waals surface area contributed by atoms with Crippen LogP contribution in [-0.2, 0) is 0 Å². The van der Waals surface area contributed by atoms with Crippen LogP contribution in [0.1, 0.15) is 39.5 Å². The molecule has 0 N–H and O–H groups in total. The zero-order chi connectivity index (χ0) is 10.1. The van der Waals surface area contributed by atoms with Crippen molar-refractivity contribution < 1.29 is 4.39 Å². The van der Waals surface area contributed by atoms with Gasteiger partial charge >= 0.3 is 0 Å². The second-order valence-corrected chi connectivity index (χ2v) is 4.79. The van der Waals surface area contributed by atoms with Crippen molar-refractivity contribution in [2.75, 3.05) is 0 Å². The van der Waals surface area contributed by atoms with Crippen LogP contribution in [0.2, 0.25) is 0 Å². The van der Waals surface area contributed by atoms with Crippen LogP contribution < -0.4 is 0 Å². The summed E-state index contributed by atoms with van der Waals surface area (Å²) in [5, 5.41) is 0. The lowest BCUT2D eigenvalue weighted by atomic mass is 9.77. The van der Waals surface area contributed by atoms with Crippen LogP contribution in [0.5, 0.6) is 0 Å². The maximum Gasteiger partial charge on any atom is 0.128 e. The Balaban J connectivity index is 2.17. The molecule has 2 unspecified atom stereocenters. The van der Waals surface area contributed by atoms with E-state index in [9.17, 15) is 4.39 Å². The van der Waals surface area contributed by atoms with E-state index >= 15 is 0 Å². The summed E-state index contributed by atoms with van der Waals surface area (Å²) in [5.41, 5.74) is 2.16. The van der Waals surface area contributed by atoms with Crippen LogP contribution >= 0.6 is 0 Å². The van der Waals surface area contributed by atoms with E-state index in [4.69, 9.17) is 0 Å². The van der Waals surface area contributed by atoms with Gasteiger partial charge in [-0.05, 0) is 38.2 Å². The van der Waals surface area contributed by atoms with Crippen LogP contribution in [0.25, 0.3) is 0 Å². The molecule has 14 heavy (non-hydrogen) atoms. The van der Waals surface area contributed by atoms with Crippen molar-refractivity contribution in [3.63, 3.8) is 0 Å². The fourth-order valence-corrected chi connectivity index (χ4v) is 2.91. The molecule has 0 saturated heterocycles. The van der Waals surface area contributed by atoms with E-state index < -0.39 is 6.17 Å². The zero-order valence-corrected chi connectivity index (χ0v) is 9.09. The Morgan fingerprint density at radius 1 is 1.07 bits per heavy atom. The number of rotatable bonds is 1. The molecular weight excluding hydrogens is 175 g/mol. The summed E-state index contributed by atoms with van der Waals surface area (Å²) in [5.74, 6) is 0.785. The van der Waals surface area contributed by atoms with Gasteiger partial charge in [-0.3, -0.25) is 0 Å². The van der Waals surface area contributed by atoms with Gasteiger partial charge in [0.05, 0.1) is 0 Å². The largest absolute Gasteiger partial charge is 0.242 e. The molecule has 0 nitrogen and oxygen atoms in total. The summed E-state index contributed by atoms with van der Waals surface area (Å²) < 4.78 is 14.0. The van der Waals surface area contributed by atoms with Gasteiger partial charge in [-0.15, -0.1) is 0 Å². The molecule has 2 aliphatic carbocycles. The standard InChI is InChI=1S/C13H19F/c1-9-7-8-10(2)13(14)12(9)11-5-3-4-6-11/h7-8,11-13H,3-6H2,1-2H3. The van der Waals surface area contributed by atoms with Gasteiger partial charge in [0, 0.05) is 5.92 Å². The quantitative estimate of drug-likeness (QED) is 0.591. The van der Waals surface area contributed by atoms with Gasteiger partial charge in [0.2, 0.25) is 0 Å². The number of alkyl halides is 1. The third-order valence-electron chi connectivity index (χ3n) is 3.79. The third kappa shape index (κ3) is 1.65. The highest BCUT2D eigenvalue weighted by molar-refractivity contribution is 5.29. The maximum absolute atomic E-state index is 14.0. The van der Waals surface area contributed by atoms with Gasteiger partial charge in [-0.25, -0.2) is 4.39 Å². The van der Waals surface area contributed by atoms with E-state index in [0.717, 1.165) is 5.57 Å². The Kier molecular flexibility index (Phi) is 2.76. The minimum Gasteiger partial charge on any atom is -0.242 e. The minimum absolute atomic E-state index is 0.183. The second kappa shape index (κ2) is 3.88. The van der Waals surface area contributed by atoms with Gasteiger partial charge in [0.25, 0.3) is 0 Å². The molecule has 2 aliphatic rings. The predicted molar refractivity (Wildman–Crippen MR) is 57.9 cm³/mol. The SMILES string of the molecule is CC1=CC=C(C)C(C2CCCC2)C1F. The fraction of sp³-hybridized carbons (Fsp3) is 0.692. The Hall–Kier alpha value is -0.590. The predicted octanol–water partition coefficient (Wildman–Crippen LogP) is 4.04. The minimum atomic E-state index is -0.719. The van der Waals surface area contributed by atoms with Gasteiger partial charge in [0.15, 0.2) is 0 Å². The highest BCUT2D eigenvalue weighted by Crippen LogP contribution is 2.41. The average Bonchev–Trinajstić information content (AvgIpc) is 2.65. The third-order valence-corrected chi connectivity index (χ3v) is 3.79. The molecule has 0 aromatic heterocycles. The lowest BCUT2D eigenvalue weighted by molar-refractivity contribution is 0.223. The van der Waals surface area contributed by atoms with E-state index in [1.54, 1.807) is 0 Å². The first-order valence-corrected chi connectivity index (χ1v) is 5.69. The molecule has 0 heterocycles. The first kappa shape index (κ1) is 9.95. The number of hydrogen-bond donors (Lipinski definition) is 0. The zero-order valence-electron chi connectivity index (χ0n) is 9.09. The lowest BCUT2D eigenvalue weighted by Gasteiger charge is -2.30. The van der Waals surface area contributed by atoms with Crippen LogP contribution in [0.15, 0.2) is 23.3 Å². The summed E-state index contributed by atoms with van der Waals surface area (Å²) in [6.45, 7) is 3.99. The van der Waals surface area contributed by atoms with Crippen molar-refractivity contribution in [1.82, 2.24) is 0 Å². The van der Waals surface area contributed by atoms with Gasteiger partial charge in [-0.2, -0.15) is 0 Å². The first-order chi connectivity index (χ1) is 6.70. The average molecular weight is 194 g/mol. The maximum atomic E-state index is 14.0. The Morgan fingerprint density at radius 3 is 2.29 bits per heavy atom. The molecule has 0 aromatic carbocycles. The lowest BCUT2D eigenvalue weighted by Crippen LogP contribution is -2.27. The van der Waals surface area contributed by atoms with E-state index in [1.165, 1.54) is 31.3 Å². The van der Waals surface area contributed by atoms with Gasteiger partial charge in [0.1, 0.15) is 6.17 Å². The smallest absolute Gasteiger partial charge is 0.128 e. The number of allylic oxidation sites excluding steroid dienone is 4.